The van der Waals surface area contributed by atoms with Gasteiger partial charge in [0, 0.05) is 23.7 Å². The highest BCUT2D eigenvalue weighted by molar-refractivity contribution is 7.86. The van der Waals surface area contributed by atoms with E-state index < -0.39 is 58.0 Å². The van der Waals surface area contributed by atoms with Crippen LogP contribution < -0.4 is 11.1 Å². The third kappa shape index (κ3) is 3.57. The Kier molecular flexibility index (Phi) is 4.96. The summed E-state index contributed by atoms with van der Waals surface area (Å²) < 4.78 is 33.0. The number of carboxylic acid groups (broad SMARTS) is 1. The zero-order valence-corrected chi connectivity index (χ0v) is 17.4. The number of benzene rings is 1. The molecule has 0 bridgehead atoms. The van der Waals surface area contributed by atoms with Gasteiger partial charge in [0.1, 0.15) is 6.04 Å². The minimum atomic E-state index is -4.02. The van der Waals surface area contributed by atoms with Gasteiger partial charge in [0.25, 0.3) is 11.8 Å². The Hall–Kier alpha value is -3.81. The van der Waals surface area contributed by atoms with Crippen molar-refractivity contribution in [1.82, 2.24) is 9.80 Å². The quantitative estimate of drug-likeness (QED) is 0.307. The summed E-state index contributed by atoms with van der Waals surface area (Å²) in [6.07, 6.45) is -0.742. The Labute approximate surface area is 181 Å². The summed E-state index contributed by atoms with van der Waals surface area (Å²) in [6.45, 7) is 0.0770. The maximum atomic E-state index is 12.8. The summed E-state index contributed by atoms with van der Waals surface area (Å²) in [5.74, 6) is -2.66. The number of hydrogen-bond donors (Lipinski definition) is 3. The summed E-state index contributed by atoms with van der Waals surface area (Å²) in [7, 11) is -4.02. The van der Waals surface area contributed by atoms with Gasteiger partial charge in [-0.2, -0.15) is 8.42 Å². The Bertz CT molecular complexity index is 1160. The molecule has 2 saturated heterocycles. The van der Waals surface area contributed by atoms with Crippen molar-refractivity contribution < 1.29 is 41.6 Å². The van der Waals surface area contributed by atoms with Crippen LogP contribution >= 0.6 is 0 Å². The molecule has 0 spiro atoms. The van der Waals surface area contributed by atoms with Gasteiger partial charge in [-0.15, -0.1) is 0 Å². The molecule has 3 heterocycles. The number of ether oxygens (including phenoxy) is 1. The van der Waals surface area contributed by atoms with Gasteiger partial charge < -0.3 is 30.0 Å². The zero-order chi connectivity index (χ0) is 23.4. The minimum absolute atomic E-state index is 0.0770. The van der Waals surface area contributed by atoms with E-state index in [2.05, 4.69) is 10.1 Å². The van der Waals surface area contributed by atoms with Crippen molar-refractivity contribution in [3.8, 4) is 0 Å². The first-order valence-corrected chi connectivity index (χ1v) is 11.1. The number of hydrogen-bond acceptors (Lipinski definition) is 8. The molecule has 2 fully saturated rings. The highest BCUT2D eigenvalue weighted by atomic mass is 32.2. The summed E-state index contributed by atoms with van der Waals surface area (Å²) in [6, 6.07) is 3.57. The summed E-state index contributed by atoms with van der Waals surface area (Å²) >= 11 is 0. The van der Waals surface area contributed by atoms with E-state index in [0.29, 0.717) is 5.69 Å². The highest BCUT2D eigenvalue weighted by Gasteiger charge is 2.65. The molecule has 1 aromatic carbocycles. The number of amides is 4. The lowest BCUT2D eigenvalue weighted by molar-refractivity contribution is -0.160. The predicted octanol–water partition coefficient (Wildman–Crippen LogP) is 0.0722. The zero-order valence-electron chi connectivity index (χ0n) is 16.5. The maximum absolute atomic E-state index is 12.8. The van der Waals surface area contributed by atoms with Crippen molar-refractivity contribution in [3.63, 3.8) is 0 Å². The third-order valence-electron chi connectivity index (χ3n) is 5.41. The van der Waals surface area contributed by atoms with Gasteiger partial charge in [0.05, 0.1) is 12.3 Å². The molecular formula is C18H18N4O9S. The van der Waals surface area contributed by atoms with E-state index in [1.165, 1.54) is 29.2 Å². The molecule has 0 radical (unpaired) electrons. The third-order valence-corrected chi connectivity index (χ3v) is 5.90. The molecule has 0 saturated carbocycles. The number of likely N-dealkylation sites (tertiary alicyclic amines) is 1. The minimum Gasteiger partial charge on any atom is -0.449 e. The number of carbonyl (C=O) groups is 4. The monoisotopic (exact) mass is 466 g/mol. The molecule has 4 rings (SSSR count). The van der Waals surface area contributed by atoms with Crippen molar-refractivity contribution >= 4 is 39.8 Å². The average Bonchev–Trinajstić information content (AvgIpc) is 2.97. The molecule has 32 heavy (non-hydrogen) atoms. The van der Waals surface area contributed by atoms with E-state index in [0.717, 1.165) is 11.2 Å². The fraction of sp³-hybridized carbons (Fsp3) is 0.333. The number of β-lactam (4-membered cyclic amide) rings is 1. The van der Waals surface area contributed by atoms with Crippen molar-refractivity contribution in [3.05, 3.63) is 41.5 Å². The standard InChI is InChI=1S/C18H18N4O9S/c1-32(28,29)31-13-10-6-7-21(12-11(10)22(15(12)24)16(13)30-18(26)27)17(25)20-9-4-2-8(3-5-9)14(19)23/h2-5,10-12H,6-7H2,1H3,(H2,19,23)(H,20,25)(H,26,27)/t10?,11-,12+/m1/s1. The second kappa shape index (κ2) is 7.40. The van der Waals surface area contributed by atoms with Gasteiger partial charge >= 0.3 is 22.3 Å². The SMILES string of the molecule is CS(=O)(=O)OC1=C(OC(=O)O)N2C(=O)[C@@H]3[C@H]2C1CCN3C(=O)Nc1ccc(C(N)=O)cc1. The lowest BCUT2D eigenvalue weighted by Gasteiger charge is -2.52. The maximum Gasteiger partial charge on any atom is 0.512 e. The molecule has 4 N–H and O–H groups in total. The van der Waals surface area contributed by atoms with Gasteiger partial charge in [-0.25, -0.2) is 9.59 Å². The molecule has 4 amide bonds. The van der Waals surface area contributed by atoms with Crippen LogP contribution in [0.1, 0.15) is 16.8 Å². The van der Waals surface area contributed by atoms with Gasteiger partial charge in [0.15, 0.2) is 5.76 Å². The Morgan fingerprint density at radius 2 is 1.88 bits per heavy atom. The second-order valence-corrected chi connectivity index (χ2v) is 9.00. The number of nitrogens with one attached hydrogen (secondary N) is 1. The van der Waals surface area contributed by atoms with Crippen molar-refractivity contribution in [2.45, 2.75) is 18.5 Å². The lowest BCUT2D eigenvalue weighted by Crippen LogP contribution is -2.73. The molecule has 3 aliphatic heterocycles. The van der Waals surface area contributed by atoms with Gasteiger partial charge in [-0.3, -0.25) is 14.5 Å². The first-order chi connectivity index (χ1) is 15.0. The van der Waals surface area contributed by atoms with Crippen molar-refractivity contribution in [2.75, 3.05) is 18.1 Å². The number of anilines is 1. The van der Waals surface area contributed by atoms with E-state index in [9.17, 15) is 27.6 Å². The Morgan fingerprint density at radius 3 is 2.44 bits per heavy atom. The average molecular weight is 466 g/mol. The molecule has 14 heteroatoms. The van der Waals surface area contributed by atoms with Gasteiger partial charge in [0.2, 0.25) is 5.91 Å². The van der Waals surface area contributed by atoms with Crippen molar-refractivity contribution in [2.24, 2.45) is 11.7 Å². The molecule has 0 aliphatic carbocycles. The van der Waals surface area contributed by atoms with E-state index in [4.69, 9.17) is 15.0 Å². The van der Waals surface area contributed by atoms with Crippen LogP contribution in [-0.2, 0) is 23.8 Å². The van der Waals surface area contributed by atoms with E-state index in [1.807, 2.05) is 0 Å². The smallest absolute Gasteiger partial charge is 0.449 e. The number of primary amides is 1. The Balaban J connectivity index is 1.55. The van der Waals surface area contributed by atoms with E-state index in [1.54, 1.807) is 0 Å². The van der Waals surface area contributed by atoms with Crippen LogP contribution in [0.3, 0.4) is 0 Å². The highest BCUT2D eigenvalue weighted by Crippen LogP contribution is 2.49. The van der Waals surface area contributed by atoms with Crippen LogP contribution in [0.5, 0.6) is 0 Å². The molecule has 1 aromatic rings. The normalized spacial score (nSPS) is 23.9. The second-order valence-electron chi connectivity index (χ2n) is 7.43. The van der Waals surface area contributed by atoms with Crippen LogP contribution in [0.25, 0.3) is 0 Å². The summed E-state index contributed by atoms with van der Waals surface area (Å²) in [5.41, 5.74) is 5.81. The molecule has 3 aliphatic rings. The fourth-order valence-electron chi connectivity index (χ4n) is 4.18. The molecule has 1 unspecified atom stereocenters. The number of urea groups is 1. The first kappa shape index (κ1) is 21.4. The molecule has 170 valence electrons. The number of carbonyl (C=O) groups excluding carboxylic acids is 3. The molecule has 3 atom stereocenters. The van der Waals surface area contributed by atoms with Crippen LogP contribution in [0.4, 0.5) is 15.3 Å². The van der Waals surface area contributed by atoms with Gasteiger partial charge in [-0.1, -0.05) is 0 Å². The number of piperidine rings is 1. The van der Waals surface area contributed by atoms with Gasteiger partial charge in [-0.05, 0) is 30.7 Å². The topological polar surface area (TPSA) is 186 Å². The molecule has 13 nitrogen and oxygen atoms in total. The molecular weight excluding hydrogens is 448 g/mol. The van der Waals surface area contributed by atoms with Crippen LogP contribution in [0, 0.1) is 5.92 Å². The van der Waals surface area contributed by atoms with Crippen LogP contribution in [0.15, 0.2) is 35.9 Å². The fourth-order valence-corrected chi connectivity index (χ4v) is 4.70. The van der Waals surface area contributed by atoms with E-state index in [-0.39, 0.29) is 24.3 Å². The number of nitrogens with two attached hydrogens (primary N) is 1. The van der Waals surface area contributed by atoms with Crippen LogP contribution in [-0.4, -0.2) is 72.2 Å². The van der Waals surface area contributed by atoms with Crippen molar-refractivity contribution in [1.29, 1.82) is 0 Å². The van der Waals surface area contributed by atoms with E-state index >= 15 is 0 Å². The lowest BCUT2D eigenvalue weighted by atomic mass is 9.80. The summed E-state index contributed by atoms with van der Waals surface area (Å²) in [4.78, 5) is 50.1. The number of rotatable bonds is 5. The predicted molar refractivity (Wildman–Crippen MR) is 105 cm³/mol. The molecule has 0 aromatic heterocycles. The van der Waals surface area contributed by atoms with Crippen LogP contribution in [0.2, 0.25) is 0 Å². The number of nitrogens with zero attached hydrogens (tertiary/aromatic N) is 2. The summed E-state index contributed by atoms with van der Waals surface area (Å²) in [5, 5.41) is 11.6. The first-order valence-electron chi connectivity index (χ1n) is 9.33. The Morgan fingerprint density at radius 1 is 1.22 bits per heavy atom. The largest absolute Gasteiger partial charge is 0.512 e.